The second-order valence-electron chi connectivity index (χ2n) is 6.84. The van der Waals surface area contributed by atoms with Crippen LogP contribution in [0.25, 0.3) is 21.6 Å². The van der Waals surface area contributed by atoms with Gasteiger partial charge in [0.1, 0.15) is 0 Å². The third-order valence-corrected chi connectivity index (χ3v) is 5.92. The predicted molar refractivity (Wildman–Crippen MR) is 119 cm³/mol. The molecule has 0 aliphatic heterocycles. The quantitative estimate of drug-likeness (QED) is 0.480. The molecule has 4 rings (SSSR count). The third kappa shape index (κ3) is 3.29. The molecule has 0 radical (unpaired) electrons. The molecule has 0 spiro atoms. The number of thiophene rings is 1. The van der Waals surface area contributed by atoms with Gasteiger partial charge in [-0.2, -0.15) is 5.10 Å². The lowest BCUT2D eigenvalue weighted by molar-refractivity contribution is 0.0994. The molecule has 154 valence electrons. The van der Waals surface area contributed by atoms with Crippen LogP contribution in [0.4, 0.5) is 5.69 Å². The van der Waals surface area contributed by atoms with E-state index in [0.29, 0.717) is 28.4 Å². The number of benzene rings is 1. The first-order valence-corrected chi connectivity index (χ1v) is 10.2. The lowest BCUT2D eigenvalue weighted by Crippen LogP contribution is -2.26. The fourth-order valence-corrected chi connectivity index (χ4v) is 4.18. The summed E-state index contributed by atoms with van der Waals surface area (Å²) < 4.78 is 12.4. The van der Waals surface area contributed by atoms with Gasteiger partial charge in [-0.15, -0.1) is 11.3 Å². The van der Waals surface area contributed by atoms with Gasteiger partial charge in [0.2, 0.25) is 0 Å². The van der Waals surface area contributed by atoms with Gasteiger partial charge < -0.3 is 14.4 Å². The van der Waals surface area contributed by atoms with Crippen LogP contribution >= 0.6 is 11.3 Å². The van der Waals surface area contributed by atoms with Gasteiger partial charge in [0.05, 0.1) is 41.4 Å². The fraction of sp³-hybridized carbons (Fsp3) is 0.227. The maximum Gasteiger partial charge on any atom is 0.258 e. The van der Waals surface area contributed by atoms with Crippen molar-refractivity contribution in [2.24, 2.45) is 7.05 Å². The minimum atomic E-state index is -0.150. The number of amides is 1. The Labute approximate surface area is 178 Å². The Kier molecular flexibility index (Phi) is 5.17. The van der Waals surface area contributed by atoms with Gasteiger partial charge in [0, 0.05) is 25.8 Å². The molecule has 8 heteroatoms. The Hall–Kier alpha value is -3.39. The maximum atomic E-state index is 13.6. The molecule has 0 aliphatic carbocycles. The number of nitrogens with zero attached hydrogens (tertiary/aromatic N) is 4. The van der Waals surface area contributed by atoms with Gasteiger partial charge in [0.15, 0.2) is 17.1 Å². The van der Waals surface area contributed by atoms with Crippen LogP contribution in [-0.2, 0) is 7.05 Å². The number of hydrogen-bond donors (Lipinski definition) is 0. The Balaban J connectivity index is 1.84. The topological polar surface area (TPSA) is 69.5 Å². The average Bonchev–Trinajstić information content (AvgIpc) is 3.40. The number of ether oxygens (including phenoxy) is 2. The number of carbonyl (C=O) groups excluding carboxylic acids is 1. The summed E-state index contributed by atoms with van der Waals surface area (Å²) >= 11 is 1.58. The lowest BCUT2D eigenvalue weighted by Gasteiger charge is -2.20. The molecule has 3 heterocycles. The van der Waals surface area contributed by atoms with Crippen LogP contribution < -0.4 is 14.4 Å². The molecular weight excluding hydrogens is 400 g/mol. The van der Waals surface area contributed by atoms with Crippen molar-refractivity contribution in [1.82, 2.24) is 14.8 Å². The number of hydrogen-bond acceptors (Lipinski definition) is 6. The molecule has 0 bridgehead atoms. The number of rotatable bonds is 5. The zero-order valence-electron chi connectivity index (χ0n) is 17.5. The molecule has 0 unspecified atom stereocenters. The summed E-state index contributed by atoms with van der Waals surface area (Å²) in [5.74, 6) is 1.02. The van der Waals surface area contributed by atoms with Crippen molar-refractivity contribution >= 4 is 34.0 Å². The second-order valence-corrected chi connectivity index (χ2v) is 7.79. The van der Waals surface area contributed by atoms with Crippen molar-refractivity contribution in [3.8, 4) is 22.1 Å². The van der Waals surface area contributed by atoms with Crippen molar-refractivity contribution in [2.75, 3.05) is 26.2 Å². The highest BCUT2D eigenvalue weighted by molar-refractivity contribution is 7.13. The molecule has 0 atom stereocenters. The van der Waals surface area contributed by atoms with Crippen LogP contribution in [0.3, 0.4) is 0 Å². The van der Waals surface area contributed by atoms with E-state index in [-0.39, 0.29) is 5.91 Å². The van der Waals surface area contributed by atoms with E-state index in [1.807, 2.05) is 43.6 Å². The molecule has 0 N–H and O–H groups in total. The molecule has 7 nitrogen and oxygen atoms in total. The minimum Gasteiger partial charge on any atom is -0.493 e. The van der Waals surface area contributed by atoms with E-state index < -0.39 is 0 Å². The Morgan fingerprint density at radius 3 is 2.57 bits per heavy atom. The SMILES string of the molecule is COc1ccc(N(C)C(=O)c2cc(-c3cccs3)nc3c2c(C)nn3C)cc1OC. The number of pyridine rings is 1. The van der Waals surface area contributed by atoms with Gasteiger partial charge in [0.25, 0.3) is 5.91 Å². The standard InChI is InChI=1S/C22H22N4O3S/c1-13-20-15(12-16(19-7-6-10-30-19)23-21(20)26(3)24-13)22(27)25(2)14-8-9-17(28-4)18(11-14)29-5/h6-12H,1-5H3. The molecule has 0 fully saturated rings. The van der Waals surface area contributed by atoms with Gasteiger partial charge in [-0.3, -0.25) is 9.48 Å². The zero-order chi connectivity index (χ0) is 21.4. The van der Waals surface area contributed by atoms with E-state index >= 15 is 0 Å². The number of aromatic nitrogens is 3. The Morgan fingerprint density at radius 2 is 1.90 bits per heavy atom. The van der Waals surface area contributed by atoms with Crippen LogP contribution in [0.1, 0.15) is 16.1 Å². The zero-order valence-corrected chi connectivity index (χ0v) is 18.3. The third-order valence-electron chi connectivity index (χ3n) is 5.03. The normalized spacial score (nSPS) is 11.0. The molecule has 0 aliphatic rings. The summed E-state index contributed by atoms with van der Waals surface area (Å²) in [7, 11) is 6.73. The monoisotopic (exact) mass is 422 g/mol. The first-order chi connectivity index (χ1) is 14.4. The van der Waals surface area contributed by atoms with E-state index in [9.17, 15) is 4.79 Å². The van der Waals surface area contributed by atoms with E-state index in [2.05, 4.69) is 5.10 Å². The van der Waals surface area contributed by atoms with Gasteiger partial charge >= 0.3 is 0 Å². The fourth-order valence-electron chi connectivity index (χ4n) is 3.50. The highest BCUT2D eigenvalue weighted by Crippen LogP contribution is 2.33. The van der Waals surface area contributed by atoms with Crippen molar-refractivity contribution in [3.63, 3.8) is 0 Å². The summed E-state index contributed by atoms with van der Waals surface area (Å²) in [6.45, 7) is 1.89. The highest BCUT2D eigenvalue weighted by atomic mass is 32.1. The number of anilines is 1. The molecule has 30 heavy (non-hydrogen) atoms. The Bertz CT molecular complexity index is 1230. The van der Waals surface area contributed by atoms with Crippen molar-refractivity contribution in [2.45, 2.75) is 6.92 Å². The minimum absolute atomic E-state index is 0.150. The molecular formula is C22H22N4O3S. The summed E-state index contributed by atoms with van der Waals surface area (Å²) in [6.07, 6.45) is 0. The van der Waals surface area contributed by atoms with E-state index in [1.165, 1.54) is 0 Å². The molecule has 1 amide bonds. The molecule has 0 saturated heterocycles. The second kappa shape index (κ2) is 7.79. The first kappa shape index (κ1) is 19.9. The largest absolute Gasteiger partial charge is 0.493 e. The predicted octanol–water partition coefficient (Wildman–Crippen LogP) is 4.30. The van der Waals surface area contributed by atoms with Crippen LogP contribution in [0.15, 0.2) is 41.8 Å². The van der Waals surface area contributed by atoms with Crippen molar-refractivity contribution in [1.29, 1.82) is 0 Å². The first-order valence-electron chi connectivity index (χ1n) is 9.33. The summed E-state index contributed by atoms with van der Waals surface area (Å²) in [6, 6.07) is 11.2. The van der Waals surface area contributed by atoms with E-state index in [4.69, 9.17) is 14.5 Å². The molecule has 0 saturated carbocycles. The maximum absolute atomic E-state index is 13.6. The number of fused-ring (bicyclic) bond motifs is 1. The highest BCUT2D eigenvalue weighted by Gasteiger charge is 2.23. The lowest BCUT2D eigenvalue weighted by atomic mass is 10.1. The number of methoxy groups -OCH3 is 2. The summed E-state index contributed by atoms with van der Waals surface area (Å²) in [4.78, 5) is 21.0. The van der Waals surface area contributed by atoms with Crippen LogP contribution in [-0.4, -0.2) is 41.9 Å². The summed E-state index contributed by atoms with van der Waals surface area (Å²) in [5, 5.41) is 7.24. The number of aryl methyl sites for hydroxylation is 2. The van der Waals surface area contributed by atoms with Gasteiger partial charge in [-0.25, -0.2) is 4.98 Å². The molecule has 3 aromatic heterocycles. The van der Waals surface area contributed by atoms with Crippen molar-refractivity contribution in [3.05, 3.63) is 53.0 Å². The van der Waals surface area contributed by atoms with Crippen LogP contribution in [0, 0.1) is 6.92 Å². The smallest absolute Gasteiger partial charge is 0.258 e. The van der Waals surface area contributed by atoms with Gasteiger partial charge in [-0.1, -0.05) is 6.07 Å². The van der Waals surface area contributed by atoms with Crippen LogP contribution in [0.5, 0.6) is 11.5 Å². The average molecular weight is 423 g/mol. The summed E-state index contributed by atoms with van der Waals surface area (Å²) in [5.41, 5.74) is 3.46. The van der Waals surface area contributed by atoms with Gasteiger partial charge in [-0.05, 0) is 36.6 Å². The van der Waals surface area contributed by atoms with Crippen molar-refractivity contribution < 1.29 is 14.3 Å². The number of carbonyl (C=O) groups is 1. The van der Waals surface area contributed by atoms with Crippen LogP contribution in [0.2, 0.25) is 0 Å². The Morgan fingerprint density at radius 1 is 1.13 bits per heavy atom. The van der Waals surface area contributed by atoms with E-state index in [0.717, 1.165) is 21.7 Å². The van der Waals surface area contributed by atoms with E-state index in [1.54, 1.807) is 54.3 Å². The molecule has 1 aromatic carbocycles. The molecule has 4 aromatic rings.